The summed E-state index contributed by atoms with van der Waals surface area (Å²) in [6.45, 7) is 9.90. The van der Waals surface area contributed by atoms with E-state index in [4.69, 9.17) is 0 Å². The summed E-state index contributed by atoms with van der Waals surface area (Å²) in [5, 5.41) is 3.04. The van der Waals surface area contributed by atoms with Crippen LogP contribution in [0.25, 0.3) is 11.1 Å². The maximum atomic E-state index is 13.4. The second-order valence-electron chi connectivity index (χ2n) is 9.76. The van der Waals surface area contributed by atoms with Gasteiger partial charge >= 0.3 is 0 Å². The van der Waals surface area contributed by atoms with Crippen molar-refractivity contribution in [3.8, 4) is 11.1 Å². The fraction of sp³-hybridized carbons (Fsp3) is 0.520. The lowest BCUT2D eigenvalue weighted by Crippen LogP contribution is -2.54. The van der Waals surface area contributed by atoms with Gasteiger partial charge in [-0.15, -0.1) is 0 Å². The van der Waals surface area contributed by atoms with Crippen LogP contribution in [0.3, 0.4) is 0 Å². The number of nitrogens with one attached hydrogen (secondary N) is 1. The summed E-state index contributed by atoms with van der Waals surface area (Å²) in [6, 6.07) is 8.11. The van der Waals surface area contributed by atoms with Crippen molar-refractivity contribution in [3.63, 3.8) is 0 Å². The summed E-state index contributed by atoms with van der Waals surface area (Å²) < 4.78 is 0. The predicted octanol–water partition coefficient (Wildman–Crippen LogP) is 3.87. The van der Waals surface area contributed by atoms with Gasteiger partial charge in [-0.3, -0.25) is 9.59 Å². The van der Waals surface area contributed by atoms with E-state index < -0.39 is 5.41 Å². The number of amides is 2. The summed E-state index contributed by atoms with van der Waals surface area (Å²) in [4.78, 5) is 36.6. The topological polar surface area (TPSA) is 75.2 Å². The predicted molar refractivity (Wildman–Crippen MR) is 122 cm³/mol. The number of hydrogen-bond donors (Lipinski definition) is 1. The molecule has 0 spiro atoms. The first kappa shape index (κ1) is 22.9. The number of benzene rings is 1. The molecule has 1 N–H and O–H groups in total. The van der Waals surface area contributed by atoms with Crippen LogP contribution in [0.1, 0.15) is 52.5 Å². The van der Waals surface area contributed by atoms with E-state index in [1.807, 2.05) is 30.0 Å². The van der Waals surface area contributed by atoms with Crippen molar-refractivity contribution in [1.82, 2.24) is 20.2 Å². The van der Waals surface area contributed by atoms with Crippen molar-refractivity contribution >= 4 is 11.8 Å². The number of aromatic nitrogens is 2. The average Bonchev–Trinajstić information content (AvgIpc) is 2.74. The molecule has 3 rings (SSSR count). The fourth-order valence-electron chi connectivity index (χ4n) is 4.43. The summed E-state index contributed by atoms with van der Waals surface area (Å²) in [7, 11) is 0. The first-order valence-electron chi connectivity index (χ1n) is 11.1. The van der Waals surface area contributed by atoms with Crippen LogP contribution in [0, 0.1) is 10.8 Å². The normalized spacial score (nSPS) is 19.2. The number of rotatable bonds is 6. The molecule has 1 aromatic carbocycles. The van der Waals surface area contributed by atoms with Crippen molar-refractivity contribution in [3.05, 3.63) is 48.5 Å². The highest BCUT2D eigenvalue weighted by molar-refractivity contribution is 5.85. The molecule has 1 aliphatic heterocycles. The summed E-state index contributed by atoms with van der Waals surface area (Å²) in [5.74, 6) is 0.160. The van der Waals surface area contributed by atoms with Crippen LogP contribution in [-0.4, -0.2) is 46.3 Å². The van der Waals surface area contributed by atoms with E-state index in [0.717, 1.165) is 29.5 Å². The minimum atomic E-state index is -0.645. The van der Waals surface area contributed by atoms with Crippen LogP contribution in [0.5, 0.6) is 0 Å². The van der Waals surface area contributed by atoms with Gasteiger partial charge in [0.2, 0.25) is 11.8 Å². The third-order valence-corrected chi connectivity index (χ3v) is 5.85. The van der Waals surface area contributed by atoms with E-state index in [0.29, 0.717) is 32.5 Å². The van der Waals surface area contributed by atoms with Gasteiger partial charge in [0.15, 0.2) is 0 Å². The number of carbonyl (C=O) groups excluding carboxylic acids is 2. The molecule has 2 heterocycles. The first-order chi connectivity index (χ1) is 14.7. The maximum Gasteiger partial charge on any atom is 0.228 e. The standard InChI is InChI=1S/C25H34N4O2/c1-5-28-23(31)25(11-8-12-29(17-25)22(30)14-24(2,3)4)13-19-9-6-7-10-21(19)20-15-26-18-27-16-20/h6-7,9-10,15-16,18H,5,8,11-14,17H2,1-4H3,(H,28,31). The van der Waals surface area contributed by atoms with Crippen molar-refractivity contribution in [1.29, 1.82) is 0 Å². The lowest BCUT2D eigenvalue weighted by molar-refractivity contribution is -0.142. The molecule has 1 unspecified atom stereocenters. The van der Waals surface area contributed by atoms with Gasteiger partial charge in [-0.05, 0) is 42.7 Å². The number of piperidine rings is 1. The van der Waals surface area contributed by atoms with Gasteiger partial charge in [0, 0.05) is 44.0 Å². The molecule has 2 aromatic rings. The highest BCUT2D eigenvalue weighted by Crippen LogP contribution is 2.37. The van der Waals surface area contributed by atoms with Crippen molar-refractivity contribution in [2.45, 2.75) is 53.4 Å². The minimum Gasteiger partial charge on any atom is -0.356 e. The Hall–Kier alpha value is -2.76. The molecular weight excluding hydrogens is 388 g/mol. The van der Waals surface area contributed by atoms with Crippen molar-refractivity contribution < 1.29 is 9.59 Å². The largest absolute Gasteiger partial charge is 0.356 e. The Morgan fingerprint density at radius 2 is 1.87 bits per heavy atom. The van der Waals surface area contributed by atoms with Crippen LogP contribution in [0.15, 0.2) is 43.0 Å². The number of nitrogens with zero attached hydrogens (tertiary/aromatic N) is 3. The van der Waals surface area contributed by atoms with Crippen LogP contribution in [-0.2, 0) is 16.0 Å². The number of hydrogen-bond acceptors (Lipinski definition) is 4. The lowest BCUT2D eigenvalue weighted by Gasteiger charge is -2.42. The second kappa shape index (κ2) is 9.58. The third-order valence-electron chi connectivity index (χ3n) is 5.85. The van der Waals surface area contributed by atoms with Gasteiger partial charge in [-0.25, -0.2) is 9.97 Å². The van der Waals surface area contributed by atoms with E-state index >= 15 is 0 Å². The monoisotopic (exact) mass is 422 g/mol. The molecule has 0 aliphatic carbocycles. The number of carbonyl (C=O) groups is 2. The van der Waals surface area contributed by atoms with Gasteiger partial charge in [-0.2, -0.15) is 0 Å². The van der Waals surface area contributed by atoms with Crippen LogP contribution in [0.2, 0.25) is 0 Å². The summed E-state index contributed by atoms with van der Waals surface area (Å²) >= 11 is 0. The van der Waals surface area contributed by atoms with E-state index in [9.17, 15) is 9.59 Å². The van der Waals surface area contributed by atoms with Crippen LogP contribution < -0.4 is 5.32 Å². The molecule has 0 radical (unpaired) electrons. The lowest BCUT2D eigenvalue weighted by atomic mass is 9.73. The Balaban J connectivity index is 1.94. The Bertz CT molecular complexity index is 907. The van der Waals surface area contributed by atoms with Crippen LogP contribution >= 0.6 is 0 Å². The minimum absolute atomic E-state index is 0.0300. The zero-order valence-corrected chi connectivity index (χ0v) is 19.1. The zero-order chi connectivity index (χ0) is 22.5. The molecule has 31 heavy (non-hydrogen) atoms. The van der Waals surface area contributed by atoms with Crippen LogP contribution in [0.4, 0.5) is 0 Å². The Kier molecular flexibility index (Phi) is 7.08. The fourth-order valence-corrected chi connectivity index (χ4v) is 4.43. The Morgan fingerprint density at radius 3 is 2.55 bits per heavy atom. The second-order valence-corrected chi connectivity index (χ2v) is 9.76. The molecule has 6 nitrogen and oxygen atoms in total. The molecule has 166 valence electrons. The van der Waals surface area contributed by atoms with Gasteiger partial charge in [-0.1, -0.05) is 45.0 Å². The average molecular weight is 423 g/mol. The Labute approximate surface area is 185 Å². The molecule has 0 saturated carbocycles. The molecule has 1 saturated heterocycles. The highest BCUT2D eigenvalue weighted by atomic mass is 16.2. The Morgan fingerprint density at radius 1 is 1.16 bits per heavy atom. The van der Waals surface area contributed by atoms with Gasteiger partial charge in [0.1, 0.15) is 6.33 Å². The summed E-state index contributed by atoms with van der Waals surface area (Å²) in [5.41, 5.74) is 2.32. The molecule has 2 amide bonds. The molecule has 1 aliphatic rings. The molecule has 1 aromatic heterocycles. The SMILES string of the molecule is CCNC(=O)C1(Cc2ccccc2-c2cncnc2)CCCN(C(=O)CC(C)(C)C)C1. The third kappa shape index (κ3) is 5.69. The maximum absolute atomic E-state index is 13.4. The molecular formula is C25H34N4O2. The smallest absolute Gasteiger partial charge is 0.228 e. The number of likely N-dealkylation sites (tertiary alicyclic amines) is 1. The molecule has 0 bridgehead atoms. The van der Waals surface area contributed by atoms with Gasteiger partial charge in [0.05, 0.1) is 5.41 Å². The van der Waals surface area contributed by atoms with E-state index in [1.54, 1.807) is 12.4 Å². The first-order valence-corrected chi connectivity index (χ1v) is 11.1. The molecule has 1 fully saturated rings. The highest BCUT2D eigenvalue weighted by Gasteiger charge is 2.44. The van der Waals surface area contributed by atoms with E-state index in [-0.39, 0.29) is 17.2 Å². The van der Waals surface area contributed by atoms with Gasteiger partial charge < -0.3 is 10.2 Å². The van der Waals surface area contributed by atoms with E-state index in [1.165, 1.54) is 6.33 Å². The quantitative estimate of drug-likeness (QED) is 0.767. The summed E-state index contributed by atoms with van der Waals surface area (Å²) in [6.07, 6.45) is 7.75. The van der Waals surface area contributed by atoms with Crippen molar-refractivity contribution in [2.24, 2.45) is 10.8 Å². The zero-order valence-electron chi connectivity index (χ0n) is 19.1. The molecule has 1 atom stereocenters. The van der Waals surface area contributed by atoms with Crippen molar-refractivity contribution in [2.75, 3.05) is 19.6 Å². The van der Waals surface area contributed by atoms with Gasteiger partial charge in [0.25, 0.3) is 0 Å². The molecule has 6 heteroatoms. The van der Waals surface area contributed by atoms with E-state index in [2.05, 4.69) is 42.1 Å².